The number of para-hydroxylation sites is 1. The van der Waals surface area contributed by atoms with Gasteiger partial charge in [0.1, 0.15) is 11.2 Å². The third-order valence-electron chi connectivity index (χ3n) is 4.89. The molecule has 4 rings (SSSR count). The minimum Gasteiger partial charge on any atom is -0.463 e. The van der Waals surface area contributed by atoms with E-state index >= 15 is 0 Å². The minimum absolute atomic E-state index is 0.0858. The second-order valence-electron chi connectivity index (χ2n) is 8.47. The molecule has 3 aromatic heterocycles. The van der Waals surface area contributed by atoms with Crippen LogP contribution in [0.25, 0.3) is 33.4 Å². The molecule has 0 spiro atoms. The molecule has 0 atom stereocenters. The molecule has 0 unspecified atom stereocenters. The summed E-state index contributed by atoms with van der Waals surface area (Å²) in [4.78, 5) is 28.3. The molecule has 0 saturated heterocycles. The van der Waals surface area contributed by atoms with E-state index in [0.29, 0.717) is 46.4 Å². The molecule has 1 amide bonds. The van der Waals surface area contributed by atoms with Gasteiger partial charge < -0.3 is 23.9 Å². The molecular weight excluding hydrogens is 396 g/mol. The number of ether oxygens (including phenoxy) is 1. The summed E-state index contributed by atoms with van der Waals surface area (Å²) < 4.78 is 16.9. The van der Waals surface area contributed by atoms with E-state index in [1.807, 2.05) is 39.0 Å². The zero-order valence-electron chi connectivity index (χ0n) is 17.9. The van der Waals surface area contributed by atoms with Crippen molar-refractivity contribution in [2.45, 2.75) is 45.6 Å². The van der Waals surface area contributed by atoms with E-state index < -0.39 is 11.7 Å². The van der Waals surface area contributed by atoms with Crippen molar-refractivity contribution >= 4 is 28.0 Å². The first-order valence-corrected chi connectivity index (χ1v) is 10.4. The van der Waals surface area contributed by atoms with E-state index in [0.717, 1.165) is 18.5 Å². The minimum atomic E-state index is -0.518. The lowest BCUT2D eigenvalue weighted by molar-refractivity contribution is 0.0527. The first kappa shape index (κ1) is 20.8. The highest BCUT2D eigenvalue weighted by molar-refractivity contribution is 5.98. The molecule has 162 valence electrons. The number of benzene rings is 1. The van der Waals surface area contributed by atoms with Crippen LogP contribution in [0.3, 0.4) is 0 Å². The Kier molecular flexibility index (Phi) is 5.59. The van der Waals surface area contributed by atoms with Gasteiger partial charge in [0.25, 0.3) is 0 Å². The van der Waals surface area contributed by atoms with Gasteiger partial charge in [-0.15, -0.1) is 0 Å². The van der Waals surface area contributed by atoms with Crippen LogP contribution in [-0.2, 0) is 11.2 Å². The second kappa shape index (κ2) is 8.34. The number of hydrogen-bond donors (Lipinski definition) is 2. The zero-order chi connectivity index (χ0) is 22.0. The number of carbonyl (C=O) groups is 1. The number of amides is 1. The van der Waals surface area contributed by atoms with Crippen LogP contribution in [0.15, 0.2) is 56.3 Å². The van der Waals surface area contributed by atoms with Crippen LogP contribution >= 0.6 is 0 Å². The summed E-state index contributed by atoms with van der Waals surface area (Å²) in [6.45, 7) is 6.00. The van der Waals surface area contributed by atoms with Crippen LogP contribution in [-0.4, -0.2) is 23.2 Å². The van der Waals surface area contributed by atoms with Crippen LogP contribution in [0.1, 0.15) is 39.3 Å². The Morgan fingerprint density at radius 3 is 2.68 bits per heavy atom. The Hall–Kier alpha value is -3.48. The van der Waals surface area contributed by atoms with E-state index in [4.69, 9.17) is 13.6 Å². The van der Waals surface area contributed by atoms with E-state index in [9.17, 15) is 9.59 Å². The lowest BCUT2D eigenvalue weighted by atomic mass is 10.1. The van der Waals surface area contributed by atoms with Crippen LogP contribution < -0.4 is 10.7 Å². The number of H-pyrrole nitrogens is 1. The first-order valence-electron chi connectivity index (χ1n) is 10.4. The van der Waals surface area contributed by atoms with Gasteiger partial charge in [-0.3, -0.25) is 4.79 Å². The number of aromatic amines is 1. The molecular formula is C24H26N2O5. The molecule has 3 heterocycles. The summed E-state index contributed by atoms with van der Waals surface area (Å²) in [6, 6.07) is 10.8. The molecule has 0 aliphatic rings. The predicted molar refractivity (Wildman–Crippen MR) is 119 cm³/mol. The van der Waals surface area contributed by atoms with Crippen molar-refractivity contribution in [3.8, 4) is 11.5 Å². The summed E-state index contributed by atoms with van der Waals surface area (Å²) in [5, 5.41) is 3.80. The molecule has 0 aliphatic heterocycles. The molecule has 0 radical (unpaired) electrons. The number of alkyl carbamates (subject to hydrolysis) is 1. The second-order valence-corrected chi connectivity index (χ2v) is 8.47. The van der Waals surface area contributed by atoms with Crippen molar-refractivity contribution < 1.29 is 18.4 Å². The summed E-state index contributed by atoms with van der Waals surface area (Å²) in [5.41, 5.74) is 1.96. The quantitative estimate of drug-likeness (QED) is 0.407. The Morgan fingerprint density at radius 1 is 1.13 bits per heavy atom. The largest absolute Gasteiger partial charge is 0.463 e. The highest BCUT2D eigenvalue weighted by Crippen LogP contribution is 2.32. The van der Waals surface area contributed by atoms with E-state index in [1.165, 1.54) is 0 Å². The van der Waals surface area contributed by atoms with Crippen LogP contribution in [0.4, 0.5) is 4.79 Å². The number of rotatable bonds is 6. The van der Waals surface area contributed by atoms with Gasteiger partial charge >= 0.3 is 6.09 Å². The standard InChI is InChI=1S/C24H26N2O5/c1-24(2,3)31-23(28)25-13-7-6-10-16-22-19(20(26-16)18-12-8-14-29-18)21(27)15-9-4-5-11-17(15)30-22/h4-5,8-9,11-12,14,26H,6-7,10,13H2,1-3H3,(H,25,28). The fourth-order valence-corrected chi connectivity index (χ4v) is 3.56. The van der Waals surface area contributed by atoms with Crippen LogP contribution in [0, 0.1) is 0 Å². The fourth-order valence-electron chi connectivity index (χ4n) is 3.56. The monoisotopic (exact) mass is 422 g/mol. The number of aryl methyl sites for hydroxylation is 1. The number of furan rings is 1. The number of unbranched alkanes of at least 4 members (excludes halogenated alkanes) is 1. The van der Waals surface area contributed by atoms with Crippen molar-refractivity contribution in [1.29, 1.82) is 0 Å². The van der Waals surface area contributed by atoms with Gasteiger partial charge in [0, 0.05) is 6.54 Å². The molecule has 7 heteroatoms. The SMILES string of the molecule is CC(C)(C)OC(=O)NCCCCc1[nH]c(-c2ccco2)c2c(=O)c3ccccc3oc12. The maximum atomic E-state index is 13.2. The number of aromatic nitrogens is 1. The number of carbonyl (C=O) groups excluding carboxylic acids is 1. The lowest BCUT2D eigenvalue weighted by Crippen LogP contribution is -2.33. The fraction of sp³-hybridized carbons (Fsp3) is 0.333. The first-order chi connectivity index (χ1) is 14.8. The van der Waals surface area contributed by atoms with Crippen molar-refractivity contribution in [2.75, 3.05) is 6.54 Å². The maximum Gasteiger partial charge on any atom is 0.407 e. The summed E-state index contributed by atoms with van der Waals surface area (Å²) in [5.74, 6) is 0.588. The van der Waals surface area contributed by atoms with E-state index in [1.54, 1.807) is 24.5 Å². The molecule has 0 fully saturated rings. The topological polar surface area (TPSA) is 97.5 Å². The molecule has 0 saturated carbocycles. The smallest absolute Gasteiger partial charge is 0.407 e. The van der Waals surface area contributed by atoms with Gasteiger partial charge in [0.05, 0.1) is 28.4 Å². The molecule has 0 bridgehead atoms. The van der Waals surface area contributed by atoms with Crippen molar-refractivity contribution in [3.63, 3.8) is 0 Å². The summed E-state index contributed by atoms with van der Waals surface area (Å²) in [7, 11) is 0. The zero-order valence-corrected chi connectivity index (χ0v) is 17.9. The average Bonchev–Trinajstić information content (AvgIpc) is 3.35. The van der Waals surface area contributed by atoms with Gasteiger partial charge in [-0.2, -0.15) is 0 Å². The van der Waals surface area contributed by atoms with Crippen molar-refractivity contribution in [2.24, 2.45) is 0 Å². The van der Waals surface area contributed by atoms with E-state index in [2.05, 4.69) is 10.3 Å². The molecule has 7 nitrogen and oxygen atoms in total. The Bertz CT molecular complexity index is 1260. The van der Waals surface area contributed by atoms with Gasteiger partial charge in [-0.1, -0.05) is 12.1 Å². The van der Waals surface area contributed by atoms with Gasteiger partial charge in [-0.25, -0.2) is 4.79 Å². The third kappa shape index (κ3) is 4.50. The summed E-state index contributed by atoms with van der Waals surface area (Å²) >= 11 is 0. The number of fused-ring (bicyclic) bond motifs is 2. The van der Waals surface area contributed by atoms with Crippen molar-refractivity contribution in [1.82, 2.24) is 10.3 Å². The molecule has 31 heavy (non-hydrogen) atoms. The number of nitrogens with one attached hydrogen (secondary N) is 2. The Labute approximate surface area is 179 Å². The molecule has 1 aromatic carbocycles. The summed E-state index contributed by atoms with van der Waals surface area (Å²) in [6.07, 6.45) is 3.37. The highest BCUT2D eigenvalue weighted by Gasteiger charge is 2.21. The van der Waals surface area contributed by atoms with Gasteiger partial charge in [-0.05, 0) is 64.3 Å². The Balaban J connectivity index is 1.55. The third-order valence-corrected chi connectivity index (χ3v) is 4.89. The Morgan fingerprint density at radius 2 is 1.94 bits per heavy atom. The highest BCUT2D eigenvalue weighted by atomic mass is 16.6. The van der Waals surface area contributed by atoms with Crippen LogP contribution in [0.2, 0.25) is 0 Å². The van der Waals surface area contributed by atoms with Crippen molar-refractivity contribution in [3.05, 3.63) is 58.6 Å². The molecule has 2 N–H and O–H groups in total. The normalized spacial score (nSPS) is 11.8. The molecule has 0 aliphatic carbocycles. The van der Waals surface area contributed by atoms with E-state index in [-0.39, 0.29) is 5.43 Å². The average molecular weight is 422 g/mol. The van der Waals surface area contributed by atoms with Gasteiger partial charge in [0.15, 0.2) is 11.3 Å². The predicted octanol–water partition coefficient (Wildman–Crippen LogP) is 5.38. The maximum absolute atomic E-state index is 13.2. The lowest BCUT2D eigenvalue weighted by Gasteiger charge is -2.19. The van der Waals surface area contributed by atoms with Gasteiger partial charge in [0.2, 0.25) is 5.43 Å². The molecule has 4 aromatic rings. The van der Waals surface area contributed by atoms with Crippen LogP contribution in [0.5, 0.6) is 0 Å². The number of hydrogen-bond acceptors (Lipinski definition) is 5.